The van der Waals surface area contributed by atoms with Gasteiger partial charge in [0.25, 0.3) is 5.91 Å². The molecule has 1 amide bonds. The maximum absolute atomic E-state index is 11.7. The van der Waals surface area contributed by atoms with E-state index in [9.17, 15) is 9.90 Å². The van der Waals surface area contributed by atoms with E-state index in [0.29, 0.717) is 17.9 Å². The average molecular weight is 258 g/mol. The standard InChI is InChI=1S/C12H16ClNO3/c1-3-9(13)7-14-12(16)8-4-5-11(17-2)10(15)6-8/h4-6,9,15H,3,7H2,1-2H3,(H,14,16). The van der Waals surface area contributed by atoms with Crippen molar-refractivity contribution in [3.05, 3.63) is 23.8 Å². The van der Waals surface area contributed by atoms with Crippen molar-refractivity contribution in [1.82, 2.24) is 5.32 Å². The molecule has 0 saturated carbocycles. The van der Waals surface area contributed by atoms with E-state index in [4.69, 9.17) is 16.3 Å². The number of methoxy groups -OCH3 is 1. The molecule has 0 aromatic heterocycles. The summed E-state index contributed by atoms with van der Waals surface area (Å²) in [6, 6.07) is 4.49. The number of nitrogens with one attached hydrogen (secondary N) is 1. The third-order valence-electron chi connectivity index (χ3n) is 2.37. The molecule has 1 atom stereocenters. The van der Waals surface area contributed by atoms with Gasteiger partial charge < -0.3 is 15.2 Å². The zero-order valence-electron chi connectivity index (χ0n) is 9.87. The number of ether oxygens (including phenoxy) is 1. The third kappa shape index (κ3) is 3.82. The first-order valence-electron chi connectivity index (χ1n) is 5.37. The molecule has 0 fully saturated rings. The number of hydrogen-bond acceptors (Lipinski definition) is 3. The van der Waals surface area contributed by atoms with E-state index in [1.54, 1.807) is 12.1 Å². The summed E-state index contributed by atoms with van der Waals surface area (Å²) in [5.74, 6) is 0.0189. The van der Waals surface area contributed by atoms with Gasteiger partial charge in [0.15, 0.2) is 11.5 Å². The van der Waals surface area contributed by atoms with Gasteiger partial charge in [-0.3, -0.25) is 4.79 Å². The van der Waals surface area contributed by atoms with Gasteiger partial charge in [0.1, 0.15) is 0 Å². The van der Waals surface area contributed by atoms with Crippen molar-refractivity contribution in [2.75, 3.05) is 13.7 Å². The molecule has 0 radical (unpaired) electrons. The largest absolute Gasteiger partial charge is 0.504 e. The summed E-state index contributed by atoms with van der Waals surface area (Å²) in [7, 11) is 1.45. The Morgan fingerprint density at radius 2 is 2.29 bits per heavy atom. The van der Waals surface area contributed by atoms with Crippen molar-refractivity contribution < 1.29 is 14.6 Å². The summed E-state index contributed by atoms with van der Waals surface area (Å²) >= 11 is 5.89. The highest BCUT2D eigenvalue weighted by atomic mass is 35.5. The predicted molar refractivity (Wildman–Crippen MR) is 66.9 cm³/mol. The maximum atomic E-state index is 11.7. The topological polar surface area (TPSA) is 58.6 Å². The van der Waals surface area contributed by atoms with Crippen molar-refractivity contribution in [2.24, 2.45) is 0 Å². The third-order valence-corrected chi connectivity index (χ3v) is 2.83. The minimum atomic E-state index is -0.262. The van der Waals surface area contributed by atoms with Crippen LogP contribution >= 0.6 is 11.6 Å². The molecule has 0 saturated heterocycles. The fourth-order valence-corrected chi connectivity index (χ4v) is 1.36. The van der Waals surface area contributed by atoms with Gasteiger partial charge in [-0.1, -0.05) is 6.92 Å². The number of carbonyl (C=O) groups excluding carboxylic acids is 1. The zero-order chi connectivity index (χ0) is 12.8. The van der Waals surface area contributed by atoms with Crippen molar-refractivity contribution in [3.63, 3.8) is 0 Å². The van der Waals surface area contributed by atoms with Crippen molar-refractivity contribution >= 4 is 17.5 Å². The van der Waals surface area contributed by atoms with E-state index in [1.165, 1.54) is 13.2 Å². The van der Waals surface area contributed by atoms with Gasteiger partial charge >= 0.3 is 0 Å². The zero-order valence-corrected chi connectivity index (χ0v) is 10.6. The maximum Gasteiger partial charge on any atom is 0.251 e. The molecule has 0 aliphatic rings. The van der Waals surface area contributed by atoms with Crippen molar-refractivity contribution in [3.8, 4) is 11.5 Å². The molecular formula is C12H16ClNO3. The first kappa shape index (κ1) is 13.6. The summed E-state index contributed by atoms with van der Waals surface area (Å²) in [5.41, 5.74) is 0.378. The van der Waals surface area contributed by atoms with E-state index in [1.807, 2.05) is 6.92 Å². The molecule has 5 heteroatoms. The summed E-state index contributed by atoms with van der Waals surface area (Å²) in [6.45, 7) is 2.35. The first-order chi connectivity index (χ1) is 8.08. The number of alkyl halides is 1. The second-order valence-electron chi connectivity index (χ2n) is 3.60. The van der Waals surface area contributed by atoms with Crippen LogP contribution in [0, 0.1) is 0 Å². The van der Waals surface area contributed by atoms with E-state index in [-0.39, 0.29) is 17.0 Å². The lowest BCUT2D eigenvalue weighted by Crippen LogP contribution is -2.29. The number of rotatable bonds is 5. The second-order valence-corrected chi connectivity index (χ2v) is 4.22. The Morgan fingerprint density at radius 1 is 1.59 bits per heavy atom. The Labute approximate surface area is 106 Å². The smallest absolute Gasteiger partial charge is 0.251 e. The molecule has 1 aromatic carbocycles. The summed E-state index contributed by atoms with van der Waals surface area (Å²) in [4.78, 5) is 11.7. The first-order valence-corrected chi connectivity index (χ1v) is 5.81. The Hall–Kier alpha value is -1.42. The van der Waals surface area contributed by atoms with Crippen LogP contribution in [0.2, 0.25) is 0 Å². The highest BCUT2D eigenvalue weighted by molar-refractivity contribution is 6.20. The van der Waals surface area contributed by atoms with Crippen LogP contribution in [0.15, 0.2) is 18.2 Å². The lowest BCUT2D eigenvalue weighted by Gasteiger charge is -2.09. The molecule has 0 bridgehead atoms. The molecule has 4 nitrogen and oxygen atoms in total. The fourth-order valence-electron chi connectivity index (χ4n) is 1.28. The lowest BCUT2D eigenvalue weighted by molar-refractivity contribution is 0.0953. The molecule has 1 aromatic rings. The molecule has 1 rings (SSSR count). The van der Waals surface area contributed by atoms with Gasteiger partial charge in [-0.25, -0.2) is 0 Å². The number of phenolic OH excluding ortho intramolecular Hbond substituents is 1. The van der Waals surface area contributed by atoms with Crippen LogP contribution in [0.5, 0.6) is 11.5 Å². The Kier molecular flexibility index (Phi) is 5.10. The van der Waals surface area contributed by atoms with E-state index < -0.39 is 0 Å². The van der Waals surface area contributed by atoms with Crippen LogP contribution in [0.1, 0.15) is 23.7 Å². The number of carbonyl (C=O) groups is 1. The molecule has 17 heavy (non-hydrogen) atoms. The van der Waals surface area contributed by atoms with Gasteiger partial charge in [-0.05, 0) is 24.6 Å². The molecule has 0 heterocycles. The van der Waals surface area contributed by atoms with E-state index >= 15 is 0 Å². The number of amides is 1. The second kappa shape index (κ2) is 6.35. The van der Waals surface area contributed by atoms with Crippen LogP contribution in [0.3, 0.4) is 0 Å². The van der Waals surface area contributed by atoms with Gasteiger partial charge in [-0.15, -0.1) is 11.6 Å². The van der Waals surface area contributed by atoms with Crippen LogP contribution < -0.4 is 10.1 Å². The minimum absolute atomic E-state index is 0.0573. The SMILES string of the molecule is CCC(Cl)CNC(=O)c1ccc(OC)c(O)c1. The van der Waals surface area contributed by atoms with Gasteiger partial charge in [0, 0.05) is 12.1 Å². The van der Waals surface area contributed by atoms with Crippen LogP contribution in [-0.2, 0) is 0 Å². The molecule has 0 aliphatic carbocycles. The quantitative estimate of drug-likeness (QED) is 0.795. The van der Waals surface area contributed by atoms with Crippen LogP contribution in [0.25, 0.3) is 0 Å². The summed E-state index contributed by atoms with van der Waals surface area (Å²) < 4.78 is 4.89. The Balaban J connectivity index is 2.66. The normalized spacial score (nSPS) is 11.9. The number of aromatic hydroxyl groups is 1. The molecule has 94 valence electrons. The van der Waals surface area contributed by atoms with Crippen LogP contribution in [0.4, 0.5) is 0 Å². The summed E-state index contributed by atoms with van der Waals surface area (Å²) in [5, 5.41) is 12.1. The molecule has 2 N–H and O–H groups in total. The number of halogens is 1. The number of benzene rings is 1. The monoisotopic (exact) mass is 257 g/mol. The highest BCUT2D eigenvalue weighted by Gasteiger charge is 2.10. The Morgan fingerprint density at radius 3 is 2.82 bits per heavy atom. The number of phenols is 1. The van der Waals surface area contributed by atoms with Gasteiger partial charge in [-0.2, -0.15) is 0 Å². The minimum Gasteiger partial charge on any atom is -0.504 e. The van der Waals surface area contributed by atoms with Crippen LogP contribution in [-0.4, -0.2) is 30.0 Å². The predicted octanol–water partition coefficient (Wildman–Crippen LogP) is 2.15. The average Bonchev–Trinajstić information content (AvgIpc) is 2.35. The highest BCUT2D eigenvalue weighted by Crippen LogP contribution is 2.26. The summed E-state index contributed by atoms with van der Waals surface area (Å²) in [6.07, 6.45) is 0.787. The van der Waals surface area contributed by atoms with Crippen molar-refractivity contribution in [2.45, 2.75) is 18.7 Å². The van der Waals surface area contributed by atoms with Gasteiger partial charge in [0.2, 0.25) is 0 Å². The number of hydrogen-bond donors (Lipinski definition) is 2. The van der Waals surface area contributed by atoms with Crippen molar-refractivity contribution in [1.29, 1.82) is 0 Å². The molecule has 1 unspecified atom stereocenters. The van der Waals surface area contributed by atoms with E-state index in [2.05, 4.69) is 5.32 Å². The van der Waals surface area contributed by atoms with Gasteiger partial charge in [0.05, 0.1) is 12.5 Å². The Bertz CT molecular complexity index is 395. The fraction of sp³-hybridized carbons (Fsp3) is 0.417. The van der Waals surface area contributed by atoms with E-state index in [0.717, 1.165) is 6.42 Å². The molecular weight excluding hydrogens is 242 g/mol. The molecule has 0 spiro atoms. The molecule has 0 aliphatic heterocycles. The lowest BCUT2D eigenvalue weighted by atomic mass is 10.2.